The molecule has 332 valence electrons. The lowest BCUT2D eigenvalue weighted by atomic mass is 9.76. The Balaban J connectivity index is 1.73. The molecule has 2 aromatic rings. The number of allylic oxidation sites excluding steroid dienone is 6. The molecule has 4 rings (SSSR count). The largest absolute Gasteiger partial charge is 0.744 e. The van der Waals surface area contributed by atoms with E-state index in [1.807, 2.05) is 48.5 Å². The SMILES string of the molecule is CCN1/C(=C/C=C/C=C/C2=[N+](CCCCCC(=O)O)c3ccc(S(=O)(=O)[O-])cc3C2(C)CCCS(=O)(=O)O)C(C)(CCOCCOCCOC)c2cc(S(=O)(=O)[O-])ccc21. The number of methoxy groups -OCH3 is 1. The van der Waals surface area contributed by atoms with Gasteiger partial charge in [-0.15, -0.1) is 0 Å². The zero-order chi connectivity index (χ0) is 44.4. The van der Waals surface area contributed by atoms with Crippen molar-refractivity contribution >= 4 is 53.4 Å². The molecule has 0 amide bonds. The number of carboxylic acid groups (broad SMARTS) is 1. The van der Waals surface area contributed by atoms with Crippen LogP contribution < -0.4 is 4.90 Å². The van der Waals surface area contributed by atoms with Crippen LogP contribution in [0, 0.1) is 0 Å². The summed E-state index contributed by atoms with van der Waals surface area (Å²) in [5.74, 6) is -1.45. The lowest BCUT2D eigenvalue weighted by Gasteiger charge is -2.30. The van der Waals surface area contributed by atoms with Gasteiger partial charge in [-0.25, -0.2) is 16.8 Å². The summed E-state index contributed by atoms with van der Waals surface area (Å²) in [6, 6.07) is 8.44. The minimum Gasteiger partial charge on any atom is -0.744 e. The summed E-state index contributed by atoms with van der Waals surface area (Å²) in [5.41, 5.74) is 2.24. The maximum atomic E-state index is 12.1. The number of carbonyl (C=O) groups is 1. The summed E-state index contributed by atoms with van der Waals surface area (Å²) in [6.45, 7) is 8.53. The van der Waals surface area contributed by atoms with E-state index in [0.717, 1.165) is 11.4 Å². The molecule has 0 saturated heterocycles. The summed E-state index contributed by atoms with van der Waals surface area (Å²) in [6.07, 6.45) is 11.3. The van der Waals surface area contributed by atoms with E-state index in [4.69, 9.17) is 19.3 Å². The molecule has 0 aliphatic carbocycles. The molecule has 2 atom stereocenters. The summed E-state index contributed by atoms with van der Waals surface area (Å²) >= 11 is 0. The number of carboxylic acids is 1. The topological polar surface area (TPSA) is 240 Å². The van der Waals surface area contributed by atoms with Gasteiger partial charge in [0.1, 0.15) is 26.8 Å². The van der Waals surface area contributed by atoms with Crippen molar-refractivity contribution in [2.75, 3.05) is 63.9 Å². The van der Waals surface area contributed by atoms with Gasteiger partial charge in [-0.05, 0) is 94.8 Å². The van der Waals surface area contributed by atoms with Crippen LogP contribution in [0.5, 0.6) is 0 Å². The number of benzene rings is 2. The molecule has 2 aliphatic rings. The molecule has 0 bridgehead atoms. The Morgan fingerprint density at radius 3 is 2.05 bits per heavy atom. The third kappa shape index (κ3) is 12.4. The van der Waals surface area contributed by atoms with E-state index < -0.39 is 57.8 Å². The summed E-state index contributed by atoms with van der Waals surface area (Å²) in [4.78, 5) is 12.4. The van der Waals surface area contributed by atoms with Gasteiger partial charge in [0, 0.05) is 67.6 Å². The summed E-state index contributed by atoms with van der Waals surface area (Å²) in [5, 5.41) is 9.12. The van der Waals surface area contributed by atoms with Crippen molar-refractivity contribution in [3.05, 3.63) is 83.6 Å². The van der Waals surface area contributed by atoms with Crippen molar-refractivity contribution < 1.29 is 67.6 Å². The zero-order valence-electron chi connectivity index (χ0n) is 34.4. The fourth-order valence-electron chi connectivity index (χ4n) is 7.91. The second kappa shape index (κ2) is 20.9. The molecule has 2 aliphatic heterocycles. The lowest BCUT2D eigenvalue weighted by molar-refractivity contribution is -0.438. The van der Waals surface area contributed by atoms with Crippen molar-refractivity contribution in [2.24, 2.45) is 0 Å². The van der Waals surface area contributed by atoms with Crippen molar-refractivity contribution in [2.45, 2.75) is 86.3 Å². The van der Waals surface area contributed by atoms with Crippen LogP contribution in [0.2, 0.25) is 0 Å². The van der Waals surface area contributed by atoms with E-state index in [2.05, 4.69) is 0 Å². The molecule has 16 nitrogen and oxygen atoms in total. The molecule has 2 aromatic carbocycles. The molecular weight excluding hydrogens is 841 g/mol. The Hall–Kier alpha value is -3.79. The first-order valence-electron chi connectivity index (χ1n) is 19.7. The van der Waals surface area contributed by atoms with Crippen LogP contribution in [0.15, 0.2) is 82.3 Å². The maximum absolute atomic E-state index is 12.1. The molecule has 0 aromatic heterocycles. The zero-order valence-corrected chi connectivity index (χ0v) is 36.8. The average molecular weight is 896 g/mol. The number of rotatable bonds is 25. The van der Waals surface area contributed by atoms with Crippen LogP contribution in [0.3, 0.4) is 0 Å². The van der Waals surface area contributed by atoms with Crippen LogP contribution in [-0.4, -0.2) is 119 Å². The van der Waals surface area contributed by atoms with Gasteiger partial charge in [0.25, 0.3) is 10.1 Å². The lowest BCUT2D eigenvalue weighted by Crippen LogP contribution is -2.32. The normalized spacial score (nSPS) is 20.2. The molecule has 0 saturated carbocycles. The first-order valence-corrected chi connectivity index (χ1v) is 24.1. The third-order valence-corrected chi connectivity index (χ3v) is 13.4. The van der Waals surface area contributed by atoms with Crippen LogP contribution in [0.25, 0.3) is 0 Å². The van der Waals surface area contributed by atoms with E-state index in [1.165, 1.54) is 24.3 Å². The monoisotopic (exact) mass is 895 g/mol. The highest BCUT2D eigenvalue weighted by molar-refractivity contribution is 7.86. The molecule has 19 heteroatoms. The van der Waals surface area contributed by atoms with Gasteiger partial charge in [0.15, 0.2) is 5.71 Å². The van der Waals surface area contributed by atoms with Crippen molar-refractivity contribution in [1.82, 2.24) is 0 Å². The summed E-state index contributed by atoms with van der Waals surface area (Å²) < 4.78 is 124. The van der Waals surface area contributed by atoms with E-state index in [-0.39, 0.29) is 24.2 Å². The number of nitrogens with zero attached hydrogens (tertiary/aromatic N) is 2. The predicted octanol–water partition coefficient (Wildman–Crippen LogP) is 5.03. The van der Waals surface area contributed by atoms with Crippen LogP contribution in [0.4, 0.5) is 11.4 Å². The second-order valence-electron chi connectivity index (χ2n) is 15.1. The number of ether oxygens (including phenoxy) is 3. The number of hydrogen-bond donors (Lipinski definition) is 2. The number of anilines is 1. The van der Waals surface area contributed by atoms with Gasteiger partial charge in [-0.1, -0.05) is 18.2 Å². The molecule has 2 unspecified atom stereocenters. The number of unbranched alkanes of at least 4 members (excludes halogenated alkanes) is 2. The number of likely N-dealkylation sites (N-methyl/N-ethyl adjacent to an activating group) is 1. The Kier molecular flexibility index (Phi) is 17.0. The third-order valence-electron chi connectivity index (χ3n) is 10.9. The first kappa shape index (κ1) is 48.9. The average Bonchev–Trinajstić information content (AvgIpc) is 3.53. The van der Waals surface area contributed by atoms with E-state index in [1.54, 1.807) is 31.4 Å². The first-order chi connectivity index (χ1) is 28.2. The number of fused-ring (bicyclic) bond motifs is 2. The van der Waals surface area contributed by atoms with E-state index in [0.29, 0.717) is 94.3 Å². The van der Waals surface area contributed by atoms with Gasteiger partial charge < -0.3 is 33.3 Å². The number of aliphatic carboxylic acids is 1. The predicted molar refractivity (Wildman–Crippen MR) is 223 cm³/mol. The molecular formula is C41H55N2O14S3-. The van der Waals surface area contributed by atoms with E-state index >= 15 is 0 Å². The van der Waals surface area contributed by atoms with Gasteiger partial charge in [0.05, 0.1) is 47.4 Å². The van der Waals surface area contributed by atoms with Crippen molar-refractivity contribution in [1.29, 1.82) is 0 Å². The fraction of sp³-hybridized carbons (Fsp3) is 0.512. The highest BCUT2D eigenvalue weighted by Gasteiger charge is 2.48. The van der Waals surface area contributed by atoms with Crippen molar-refractivity contribution in [3.8, 4) is 0 Å². The fourth-order valence-corrected chi connectivity index (χ4v) is 9.41. The Bertz CT molecular complexity index is 2320. The molecule has 2 N–H and O–H groups in total. The molecule has 2 heterocycles. The van der Waals surface area contributed by atoms with E-state index in [9.17, 15) is 43.7 Å². The Morgan fingerprint density at radius 1 is 0.800 bits per heavy atom. The van der Waals surface area contributed by atoms with Crippen LogP contribution in [-0.2, 0) is 60.2 Å². The van der Waals surface area contributed by atoms with Gasteiger partial charge in [-0.3, -0.25) is 9.35 Å². The molecule has 0 fully saturated rings. The van der Waals surface area contributed by atoms with Crippen LogP contribution in [0.1, 0.15) is 76.8 Å². The minimum absolute atomic E-state index is 0.00121. The Morgan fingerprint density at radius 2 is 1.43 bits per heavy atom. The molecule has 0 radical (unpaired) electrons. The van der Waals surface area contributed by atoms with Gasteiger partial charge in [0.2, 0.25) is 5.69 Å². The molecule has 60 heavy (non-hydrogen) atoms. The summed E-state index contributed by atoms with van der Waals surface area (Å²) in [7, 11) is -12.3. The van der Waals surface area contributed by atoms with Crippen LogP contribution >= 0.6 is 0 Å². The quantitative estimate of drug-likeness (QED) is 0.0575. The smallest absolute Gasteiger partial charge is 0.303 e. The Labute approximate surface area is 353 Å². The highest BCUT2D eigenvalue weighted by Crippen LogP contribution is 2.50. The van der Waals surface area contributed by atoms with Gasteiger partial charge >= 0.3 is 5.97 Å². The number of hydrogen-bond acceptors (Lipinski definition) is 13. The second-order valence-corrected chi connectivity index (χ2v) is 19.4. The van der Waals surface area contributed by atoms with Crippen molar-refractivity contribution in [3.63, 3.8) is 0 Å². The standard InChI is InChI=1S/C41H56N2O14S3/c1-5-42-35-18-16-31(59(49,50)51)29-33(35)41(3,21-23-56-26-27-57-25-24-55-4)37(42)13-8-6-9-14-38-40(2,20-12-28-58(46,47)48)34-30-32(60(52,53)54)17-19-36(34)43(38)22-11-7-10-15-39(44)45/h6,8-9,13-14,16-19,29-30H,5,7,10-12,15,20-28H2,1-4H3,(H3-,44,45,46,47,48,49,50,51,52,53,54)/p-1. The highest BCUT2D eigenvalue weighted by atomic mass is 32.2. The minimum atomic E-state index is -4.85. The molecule has 0 spiro atoms. The maximum Gasteiger partial charge on any atom is 0.303 e. The van der Waals surface area contributed by atoms with Gasteiger partial charge in [-0.2, -0.15) is 13.0 Å².